The van der Waals surface area contributed by atoms with Gasteiger partial charge >= 0.3 is 0 Å². The number of rotatable bonds is 11. The molecule has 1 fully saturated rings. The zero-order chi connectivity index (χ0) is 21.5. The van der Waals surface area contributed by atoms with Crippen LogP contribution in [-0.2, 0) is 27.9 Å². The van der Waals surface area contributed by atoms with Crippen molar-refractivity contribution in [2.45, 2.75) is 32.2 Å². The summed E-state index contributed by atoms with van der Waals surface area (Å²) in [5, 5.41) is 0. The van der Waals surface area contributed by atoms with Gasteiger partial charge in [-0.3, -0.25) is 9.59 Å². The van der Waals surface area contributed by atoms with E-state index < -0.39 is 0 Å². The van der Waals surface area contributed by atoms with Gasteiger partial charge in [0.25, 0.3) is 0 Å². The Kier molecular flexibility index (Phi) is 7.69. The van der Waals surface area contributed by atoms with Gasteiger partial charge in [-0.05, 0) is 36.5 Å². The molecule has 1 aromatic carbocycles. The fourth-order valence-corrected chi connectivity index (χ4v) is 3.92. The maximum atomic E-state index is 13.1. The topological polar surface area (TPSA) is 54.8 Å². The number of hydrogen-bond donors (Lipinski definition) is 0. The zero-order valence-electron chi connectivity index (χ0n) is 18.3. The molecule has 0 spiro atoms. The van der Waals surface area contributed by atoms with E-state index in [-0.39, 0.29) is 30.2 Å². The Morgan fingerprint density at radius 2 is 1.87 bits per heavy atom. The molecule has 1 saturated carbocycles. The maximum absolute atomic E-state index is 13.1. The number of carbonyl (C=O) groups excluding carboxylic acids is 2. The average molecular weight is 412 g/mol. The number of benzene rings is 1. The normalized spacial score (nSPS) is 17.6. The van der Waals surface area contributed by atoms with Gasteiger partial charge in [0, 0.05) is 45.1 Å². The van der Waals surface area contributed by atoms with E-state index in [0.29, 0.717) is 26.2 Å². The number of methoxy groups -OCH3 is 1. The first-order chi connectivity index (χ1) is 14.5. The number of amides is 2. The van der Waals surface area contributed by atoms with Crippen LogP contribution in [0.2, 0.25) is 0 Å². The fraction of sp³-hybridized carbons (Fsp3) is 0.500. The van der Waals surface area contributed by atoms with E-state index in [0.717, 1.165) is 18.5 Å². The lowest BCUT2D eigenvalue weighted by Gasteiger charge is -2.28. The van der Waals surface area contributed by atoms with Crippen LogP contribution in [0.3, 0.4) is 0 Å². The van der Waals surface area contributed by atoms with Gasteiger partial charge in [-0.2, -0.15) is 0 Å². The second-order valence-corrected chi connectivity index (χ2v) is 8.04. The minimum Gasteiger partial charge on any atom is -0.383 e. The van der Waals surface area contributed by atoms with E-state index >= 15 is 0 Å². The second kappa shape index (κ2) is 10.4. The maximum Gasteiger partial charge on any atom is 0.242 e. The van der Waals surface area contributed by atoms with Crippen molar-refractivity contribution in [1.82, 2.24) is 14.4 Å². The van der Waals surface area contributed by atoms with Crippen molar-refractivity contribution < 1.29 is 14.3 Å². The number of hydrogen-bond acceptors (Lipinski definition) is 3. The molecule has 0 aliphatic heterocycles. The zero-order valence-corrected chi connectivity index (χ0v) is 18.3. The highest BCUT2D eigenvalue weighted by Crippen LogP contribution is 2.48. The number of aromatic nitrogens is 1. The van der Waals surface area contributed by atoms with Gasteiger partial charge in [0.15, 0.2) is 0 Å². The van der Waals surface area contributed by atoms with Crippen molar-refractivity contribution in [1.29, 1.82) is 0 Å². The van der Waals surface area contributed by atoms with Crippen LogP contribution >= 0.6 is 0 Å². The Hall–Kier alpha value is -2.60. The molecule has 0 radical (unpaired) electrons. The number of ether oxygens (including phenoxy) is 1. The Morgan fingerprint density at radius 1 is 1.10 bits per heavy atom. The van der Waals surface area contributed by atoms with E-state index in [9.17, 15) is 9.59 Å². The Balaban J connectivity index is 1.65. The SMILES string of the molecule is CCCN(CC(=O)N(CCOC)Cc1cccn1C)C(=O)[C@H]1C[C@H]1c1ccccc1. The average Bonchev–Trinajstić information content (AvgIpc) is 3.46. The molecule has 30 heavy (non-hydrogen) atoms. The van der Waals surface area contributed by atoms with Crippen LogP contribution in [0, 0.1) is 5.92 Å². The van der Waals surface area contributed by atoms with E-state index in [1.165, 1.54) is 5.56 Å². The molecule has 6 heteroatoms. The van der Waals surface area contributed by atoms with E-state index in [1.807, 2.05) is 55.1 Å². The molecule has 0 unspecified atom stereocenters. The number of carbonyl (C=O) groups is 2. The molecular formula is C24H33N3O3. The highest BCUT2D eigenvalue weighted by Gasteiger charge is 2.45. The second-order valence-electron chi connectivity index (χ2n) is 8.04. The first-order valence-corrected chi connectivity index (χ1v) is 10.8. The highest BCUT2D eigenvalue weighted by molar-refractivity contribution is 5.88. The van der Waals surface area contributed by atoms with Crippen LogP contribution in [0.25, 0.3) is 0 Å². The molecule has 6 nitrogen and oxygen atoms in total. The third kappa shape index (κ3) is 5.51. The van der Waals surface area contributed by atoms with Crippen molar-refractivity contribution in [3.63, 3.8) is 0 Å². The summed E-state index contributed by atoms with van der Waals surface area (Å²) in [5.74, 6) is 0.338. The predicted molar refractivity (Wildman–Crippen MR) is 117 cm³/mol. The van der Waals surface area contributed by atoms with Crippen LogP contribution in [0.4, 0.5) is 0 Å². The minimum absolute atomic E-state index is 0.00736. The molecule has 0 bridgehead atoms. The number of aryl methyl sites for hydroxylation is 1. The van der Waals surface area contributed by atoms with Gasteiger partial charge in [0.2, 0.25) is 11.8 Å². The fourth-order valence-electron chi connectivity index (χ4n) is 3.92. The molecule has 2 amide bonds. The summed E-state index contributed by atoms with van der Waals surface area (Å²) in [6, 6.07) is 14.2. The molecular weight excluding hydrogens is 378 g/mol. The summed E-state index contributed by atoms with van der Waals surface area (Å²) in [6.07, 6.45) is 3.67. The quantitative estimate of drug-likeness (QED) is 0.571. The summed E-state index contributed by atoms with van der Waals surface area (Å²) < 4.78 is 7.21. The standard InChI is InChI=1S/C24H33N3O3/c1-4-12-27(24(29)22-16-21(22)19-9-6-5-7-10-19)18-23(28)26(14-15-30-3)17-20-11-8-13-25(20)2/h5-11,13,21-22H,4,12,14-18H2,1-3H3/t21-,22-/m0/s1. The molecule has 1 aliphatic rings. The van der Waals surface area contributed by atoms with Crippen LogP contribution in [-0.4, -0.2) is 59.5 Å². The van der Waals surface area contributed by atoms with E-state index in [4.69, 9.17) is 4.74 Å². The molecule has 0 saturated heterocycles. The molecule has 162 valence electrons. The minimum atomic E-state index is -0.0352. The summed E-state index contributed by atoms with van der Waals surface area (Å²) in [6.45, 7) is 4.25. The third-order valence-electron chi connectivity index (χ3n) is 5.79. The van der Waals surface area contributed by atoms with Crippen molar-refractivity contribution in [2.24, 2.45) is 13.0 Å². The third-order valence-corrected chi connectivity index (χ3v) is 5.79. The van der Waals surface area contributed by atoms with Crippen LogP contribution in [0.1, 0.15) is 36.9 Å². The molecule has 2 aromatic rings. The predicted octanol–water partition coefficient (Wildman–Crippen LogP) is 3.04. The molecule has 1 aliphatic carbocycles. The first-order valence-electron chi connectivity index (χ1n) is 10.8. The summed E-state index contributed by atoms with van der Waals surface area (Å²) in [4.78, 5) is 29.8. The van der Waals surface area contributed by atoms with Gasteiger partial charge in [-0.25, -0.2) is 0 Å². The molecule has 1 aromatic heterocycles. The van der Waals surface area contributed by atoms with Crippen molar-refractivity contribution in [3.8, 4) is 0 Å². The van der Waals surface area contributed by atoms with E-state index in [1.54, 1.807) is 16.9 Å². The van der Waals surface area contributed by atoms with Crippen molar-refractivity contribution in [2.75, 3.05) is 33.4 Å². The number of nitrogens with zero attached hydrogens (tertiary/aromatic N) is 3. The largest absolute Gasteiger partial charge is 0.383 e. The lowest BCUT2D eigenvalue weighted by atomic mass is 10.1. The monoisotopic (exact) mass is 411 g/mol. The van der Waals surface area contributed by atoms with Gasteiger partial charge < -0.3 is 19.1 Å². The molecule has 1 heterocycles. The van der Waals surface area contributed by atoms with Crippen molar-refractivity contribution in [3.05, 3.63) is 59.9 Å². The van der Waals surface area contributed by atoms with Crippen LogP contribution in [0.15, 0.2) is 48.7 Å². The van der Waals surface area contributed by atoms with Gasteiger partial charge in [-0.15, -0.1) is 0 Å². The smallest absolute Gasteiger partial charge is 0.242 e. The highest BCUT2D eigenvalue weighted by atomic mass is 16.5. The summed E-state index contributed by atoms with van der Waals surface area (Å²) in [5.41, 5.74) is 2.27. The van der Waals surface area contributed by atoms with Crippen LogP contribution in [0.5, 0.6) is 0 Å². The van der Waals surface area contributed by atoms with E-state index in [2.05, 4.69) is 12.1 Å². The first kappa shape index (κ1) is 22.1. The molecule has 3 rings (SSSR count). The van der Waals surface area contributed by atoms with Crippen molar-refractivity contribution >= 4 is 11.8 Å². The summed E-state index contributed by atoms with van der Waals surface area (Å²) in [7, 11) is 3.60. The lowest BCUT2D eigenvalue weighted by molar-refractivity contribution is -0.142. The Morgan fingerprint density at radius 3 is 2.50 bits per heavy atom. The molecule has 0 N–H and O–H groups in total. The van der Waals surface area contributed by atoms with Gasteiger partial charge in [-0.1, -0.05) is 37.3 Å². The lowest BCUT2D eigenvalue weighted by Crippen LogP contribution is -2.44. The summed E-state index contributed by atoms with van der Waals surface area (Å²) >= 11 is 0. The van der Waals surface area contributed by atoms with Gasteiger partial charge in [0.05, 0.1) is 19.7 Å². The van der Waals surface area contributed by atoms with Crippen LogP contribution < -0.4 is 0 Å². The molecule has 2 atom stereocenters. The Labute approximate surface area is 179 Å². The Bertz CT molecular complexity index is 833. The van der Waals surface area contributed by atoms with Gasteiger partial charge in [0.1, 0.15) is 0 Å².